The Morgan fingerprint density at radius 3 is 2.54 bits per heavy atom. The summed E-state index contributed by atoms with van der Waals surface area (Å²) >= 11 is 0. The van der Waals surface area contributed by atoms with Gasteiger partial charge in [0.2, 0.25) is 5.91 Å². The number of piperidine rings is 1. The zero-order valence-electron chi connectivity index (χ0n) is 16.5. The Labute approximate surface area is 166 Å². The zero-order chi connectivity index (χ0) is 19.8. The van der Waals surface area contributed by atoms with E-state index in [-0.39, 0.29) is 17.8 Å². The predicted molar refractivity (Wildman–Crippen MR) is 109 cm³/mol. The number of likely N-dealkylation sites (tertiary alicyclic amines) is 1. The molecule has 1 unspecified atom stereocenters. The van der Waals surface area contributed by atoms with Crippen molar-refractivity contribution < 1.29 is 13.9 Å². The van der Waals surface area contributed by atoms with Crippen molar-refractivity contribution in [2.24, 2.45) is 0 Å². The number of rotatable bonds is 8. The van der Waals surface area contributed by atoms with E-state index in [4.69, 9.17) is 4.74 Å². The Morgan fingerprint density at radius 2 is 1.82 bits per heavy atom. The lowest BCUT2D eigenvalue weighted by Crippen LogP contribution is -2.40. The number of carbonyl (C=O) groups is 1. The largest absolute Gasteiger partial charge is 0.496 e. The van der Waals surface area contributed by atoms with Gasteiger partial charge in [-0.1, -0.05) is 36.8 Å². The number of hydrogen-bond acceptors (Lipinski definition) is 3. The maximum Gasteiger partial charge on any atom is 0.220 e. The second-order valence-corrected chi connectivity index (χ2v) is 7.28. The van der Waals surface area contributed by atoms with Crippen LogP contribution < -0.4 is 10.1 Å². The van der Waals surface area contributed by atoms with Crippen molar-refractivity contribution in [3.8, 4) is 5.75 Å². The molecular weight excluding hydrogens is 355 g/mol. The van der Waals surface area contributed by atoms with Gasteiger partial charge >= 0.3 is 0 Å². The Kier molecular flexibility index (Phi) is 7.43. The predicted octanol–water partition coefficient (Wildman–Crippen LogP) is 4.11. The number of nitrogens with one attached hydrogen (secondary N) is 1. The number of amides is 1. The topological polar surface area (TPSA) is 41.6 Å². The van der Waals surface area contributed by atoms with Gasteiger partial charge in [0.15, 0.2) is 0 Å². The van der Waals surface area contributed by atoms with Crippen LogP contribution in [0.3, 0.4) is 0 Å². The molecule has 0 aliphatic carbocycles. The molecule has 1 saturated heterocycles. The maximum absolute atomic E-state index is 13.0. The minimum Gasteiger partial charge on any atom is -0.496 e. The van der Waals surface area contributed by atoms with Crippen molar-refractivity contribution in [3.05, 3.63) is 65.5 Å². The van der Waals surface area contributed by atoms with E-state index >= 15 is 0 Å². The van der Waals surface area contributed by atoms with Crippen LogP contribution >= 0.6 is 0 Å². The number of benzene rings is 2. The second kappa shape index (κ2) is 10.2. The highest BCUT2D eigenvalue weighted by Crippen LogP contribution is 2.30. The van der Waals surface area contributed by atoms with Gasteiger partial charge in [0, 0.05) is 18.5 Å². The molecule has 0 saturated carbocycles. The number of para-hydroxylation sites is 1. The minimum absolute atomic E-state index is 0.0150. The summed E-state index contributed by atoms with van der Waals surface area (Å²) < 4.78 is 18.6. The third-order valence-electron chi connectivity index (χ3n) is 5.38. The van der Waals surface area contributed by atoms with Gasteiger partial charge in [0.25, 0.3) is 0 Å². The lowest BCUT2D eigenvalue weighted by molar-refractivity contribution is -0.121. The van der Waals surface area contributed by atoms with Crippen LogP contribution in [0.25, 0.3) is 0 Å². The van der Waals surface area contributed by atoms with E-state index < -0.39 is 0 Å². The minimum atomic E-state index is -0.255. The van der Waals surface area contributed by atoms with Crippen LogP contribution in [0, 0.1) is 5.82 Å². The third kappa shape index (κ3) is 5.55. The number of carbonyl (C=O) groups excluding carboxylic acids is 1. The van der Waals surface area contributed by atoms with E-state index in [1.54, 1.807) is 19.2 Å². The summed E-state index contributed by atoms with van der Waals surface area (Å²) in [5.74, 6) is 0.620. The molecule has 5 heteroatoms. The van der Waals surface area contributed by atoms with Crippen molar-refractivity contribution in [3.63, 3.8) is 0 Å². The molecule has 1 atom stereocenters. The number of methoxy groups -OCH3 is 1. The molecule has 1 amide bonds. The molecule has 28 heavy (non-hydrogen) atoms. The van der Waals surface area contributed by atoms with Crippen LogP contribution in [-0.4, -0.2) is 37.6 Å². The van der Waals surface area contributed by atoms with Gasteiger partial charge in [-0.3, -0.25) is 9.69 Å². The van der Waals surface area contributed by atoms with Crippen molar-refractivity contribution in [2.45, 2.75) is 38.1 Å². The quantitative estimate of drug-likeness (QED) is 0.745. The smallest absolute Gasteiger partial charge is 0.220 e. The fourth-order valence-corrected chi connectivity index (χ4v) is 3.82. The Balaban J connectivity index is 1.62. The first kappa shape index (κ1) is 20.3. The molecule has 0 aromatic heterocycles. The SMILES string of the molecule is COc1ccccc1C(CNC(=O)CCc1ccc(F)cc1)N1CCCCC1. The molecule has 2 aromatic rings. The third-order valence-corrected chi connectivity index (χ3v) is 5.38. The number of ether oxygens (including phenoxy) is 1. The molecule has 3 rings (SSSR count). The van der Waals surface area contributed by atoms with Crippen LogP contribution in [-0.2, 0) is 11.2 Å². The number of halogens is 1. The first-order valence-corrected chi connectivity index (χ1v) is 10.1. The van der Waals surface area contributed by atoms with E-state index in [1.807, 2.05) is 18.2 Å². The van der Waals surface area contributed by atoms with Gasteiger partial charge < -0.3 is 10.1 Å². The van der Waals surface area contributed by atoms with Gasteiger partial charge in [-0.25, -0.2) is 4.39 Å². The van der Waals surface area contributed by atoms with Crippen LogP contribution in [0.2, 0.25) is 0 Å². The Hall–Kier alpha value is -2.40. The van der Waals surface area contributed by atoms with Crippen LogP contribution in [0.5, 0.6) is 5.75 Å². The van der Waals surface area contributed by atoms with E-state index in [9.17, 15) is 9.18 Å². The average molecular weight is 384 g/mol. The second-order valence-electron chi connectivity index (χ2n) is 7.28. The molecule has 0 spiro atoms. The molecule has 150 valence electrons. The molecular formula is C23H29FN2O2. The lowest BCUT2D eigenvalue weighted by Gasteiger charge is -2.35. The monoisotopic (exact) mass is 384 g/mol. The lowest BCUT2D eigenvalue weighted by atomic mass is 10.0. The molecule has 1 heterocycles. The summed E-state index contributed by atoms with van der Waals surface area (Å²) in [5, 5.41) is 3.10. The van der Waals surface area contributed by atoms with E-state index in [2.05, 4.69) is 16.3 Å². The molecule has 0 bridgehead atoms. The molecule has 1 N–H and O–H groups in total. The highest BCUT2D eigenvalue weighted by molar-refractivity contribution is 5.76. The first-order valence-electron chi connectivity index (χ1n) is 10.1. The molecule has 2 aromatic carbocycles. The van der Waals surface area contributed by atoms with Crippen molar-refractivity contribution >= 4 is 5.91 Å². The van der Waals surface area contributed by atoms with E-state index in [1.165, 1.54) is 31.4 Å². The number of nitrogens with zero attached hydrogens (tertiary/aromatic N) is 1. The standard InChI is InChI=1S/C23H29FN2O2/c1-28-22-8-4-3-7-20(22)21(26-15-5-2-6-16-26)17-25-23(27)14-11-18-9-12-19(24)13-10-18/h3-4,7-10,12-13,21H,2,5-6,11,14-17H2,1H3,(H,25,27). The maximum atomic E-state index is 13.0. The first-order chi connectivity index (χ1) is 13.7. The molecule has 4 nitrogen and oxygen atoms in total. The van der Waals surface area contributed by atoms with E-state index in [0.29, 0.717) is 19.4 Å². The summed E-state index contributed by atoms with van der Waals surface area (Å²) in [7, 11) is 1.69. The molecule has 0 radical (unpaired) electrons. The Bertz CT molecular complexity index is 757. The van der Waals surface area contributed by atoms with Gasteiger partial charge in [-0.2, -0.15) is 0 Å². The fraction of sp³-hybridized carbons (Fsp3) is 0.435. The summed E-state index contributed by atoms with van der Waals surface area (Å²) in [6.45, 7) is 2.63. The van der Waals surface area contributed by atoms with Gasteiger partial charge in [0.1, 0.15) is 11.6 Å². The van der Waals surface area contributed by atoms with Gasteiger partial charge in [-0.05, 0) is 56.1 Å². The summed E-state index contributed by atoms with van der Waals surface area (Å²) in [4.78, 5) is 14.9. The molecule has 1 aliphatic rings. The summed E-state index contributed by atoms with van der Waals surface area (Å²) in [6.07, 6.45) is 4.63. The van der Waals surface area contributed by atoms with E-state index in [0.717, 1.165) is 30.0 Å². The zero-order valence-corrected chi connectivity index (χ0v) is 16.5. The highest BCUT2D eigenvalue weighted by atomic mass is 19.1. The van der Waals surface area contributed by atoms with Crippen LogP contribution in [0.15, 0.2) is 48.5 Å². The Morgan fingerprint density at radius 1 is 1.11 bits per heavy atom. The molecule has 1 fully saturated rings. The van der Waals surface area contributed by atoms with Crippen LogP contribution in [0.4, 0.5) is 4.39 Å². The summed E-state index contributed by atoms with van der Waals surface area (Å²) in [6, 6.07) is 14.5. The van der Waals surface area contributed by atoms with Gasteiger partial charge in [-0.15, -0.1) is 0 Å². The summed E-state index contributed by atoms with van der Waals surface area (Å²) in [5.41, 5.74) is 2.08. The fourth-order valence-electron chi connectivity index (χ4n) is 3.82. The van der Waals surface area contributed by atoms with Crippen molar-refractivity contribution in [2.75, 3.05) is 26.7 Å². The normalized spacial score (nSPS) is 15.8. The average Bonchev–Trinajstić information content (AvgIpc) is 2.74. The van der Waals surface area contributed by atoms with Crippen molar-refractivity contribution in [1.82, 2.24) is 10.2 Å². The van der Waals surface area contributed by atoms with Gasteiger partial charge in [0.05, 0.1) is 13.2 Å². The number of aryl methyl sites for hydroxylation is 1. The highest BCUT2D eigenvalue weighted by Gasteiger charge is 2.25. The molecule has 1 aliphatic heterocycles. The van der Waals surface area contributed by atoms with Crippen molar-refractivity contribution in [1.29, 1.82) is 0 Å². The van der Waals surface area contributed by atoms with Crippen LogP contribution in [0.1, 0.15) is 42.9 Å². The number of hydrogen-bond donors (Lipinski definition) is 1.